The number of carbonyl (C=O) groups is 1. The van der Waals surface area contributed by atoms with E-state index in [-0.39, 0.29) is 17.3 Å². The Morgan fingerprint density at radius 2 is 1.90 bits per heavy atom. The first-order valence-electron chi connectivity index (χ1n) is 9.67. The van der Waals surface area contributed by atoms with Crippen molar-refractivity contribution in [3.63, 3.8) is 0 Å². The number of hydrogen-bond acceptors (Lipinski definition) is 5. The minimum Gasteiger partial charge on any atom is -0.466 e. The second-order valence-electron chi connectivity index (χ2n) is 7.52. The quantitative estimate of drug-likeness (QED) is 0.598. The van der Waals surface area contributed by atoms with Crippen LogP contribution in [-0.2, 0) is 14.8 Å². The summed E-state index contributed by atoms with van der Waals surface area (Å²) in [5.41, 5.74) is 5.08. The molecule has 1 N–H and O–H groups in total. The number of nitrogens with one attached hydrogen (secondary N) is 1. The number of hydrazone groups is 1. The molecule has 2 aromatic rings. The molecule has 8 heteroatoms. The zero-order valence-corrected chi connectivity index (χ0v) is 18.0. The van der Waals surface area contributed by atoms with Gasteiger partial charge in [0.1, 0.15) is 11.5 Å². The molecule has 0 bridgehead atoms. The van der Waals surface area contributed by atoms with Crippen LogP contribution < -0.4 is 5.43 Å². The highest BCUT2D eigenvalue weighted by Gasteiger charge is 2.33. The molecule has 1 aromatic carbocycles. The van der Waals surface area contributed by atoms with E-state index in [4.69, 9.17) is 4.42 Å². The normalized spacial score (nSPS) is 18.6. The van der Waals surface area contributed by atoms with Gasteiger partial charge in [0.25, 0.3) is 0 Å². The Kier molecular flexibility index (Phi) is 6.24. The lowest BCUT2D eigenvalue weighted by atomic mass is 9.99. The zero-order chi connectivity index (χ0) is 21.2. The molecule has 0 aliphatic carbocycles. The first-order chi connectivity index (χ1) is 13.7. The summed E-state index contributed by atoms with van der Waals surface area (Å²) in [6.07, 6.45) is 1.26. The Balaban J connectivity index is 1.68. The maximum atomic E-state index is 12.9. The molecule has 156 valence electrons. The monoisotopic (exact) mass is 417 g/mol. The van der Waals surface area contributed by atoms with E-state index in [1.54, 1.807) is 31.2 Å². The van der Waals surface area contributed by atoms with Crippen molar-refractivity contribution in [3.8, 4) is 0 Å². The predicted molar refractivity (Wildman–Crippen MR) is 111 cm³/mol. The third-order valence-electron chi connectivity index (χ3n) is 5.18. The van der Waals surface area contributed by atoms with Crippen LogP contribution in [0.3, 0.4) is 0 Å². The standard InChI is InChI=1S/C21H27N3O4S/c1-14-7-9-19(10-8-14)29(26,27)24-11-5-6-18(13-24)21(25)23-22-16(3)20-12-15(2)28-17(20)4/h7-10,12,18H,5-6,11,13H2,1-4H3,(H,23,25)/b22-16-/t18-/m0/s1. The van der Waals surface area contributed by atoms with Crippen LogP contribution in [0.25, 0.3) is 0 Å². The van der Waals surface area contributed by atoms with E-state index in [0.717, 1.165) is 22.6 Å². The number of piperidine rings is 1. The van der Waals surface area contributed by atoms with Crippen molar-refractivity contribution < 1.29 is 17.6 Å². The number of rotatable bonds is 5. The first-order valence-corrected chi connectivity index (χ1v) is 11.1. The smallest absolute Gasteiger partial charge is 0.244 e. The van der Waals surface area contributed by atoms with Crippen LogP contribution in [0.1, 0.15) is 42.4 Å². The molecule has 2 heterocycles. The number of carbonyl (C=O) groups excluding carboxylic acids is 1. The molecule has 1 saturated heterocycles. The van der Waals surface area contributed by atoms with E-state index >= 15 is 0 Å². The van der Waals surface area contributed by atoms with Gasteiger partial charge in [-0.3, -0.25) is 4.79 Å². The number of benzene rings is 1. The number of nitrogens with zero attached hydrogens (tertiary/aromatic N) is 2. The lowest BCUT2D eigenvalue weighted by molar-refractivity contribution is -0.126. The summed E-state index contributed by atoms with van der Waals surface area (Å²) in [6, 6.07) is 8.64. The highest BCUT2D eigenvalue weighted by Crippen LogP contribution is 2.24. The van der Waals surface area contributed by atoms with Gasteiger partial charge in [-0.2, -0.15) is 9.41 Å². The van der Waals surface area contributed by atoms with Crippen molar-refractivity contribution in [2.24, 2.45) is 11.0 Å². The Bertz CT molecular complexity index is 1020. The summed E-state index contributed by atoms with van der Waals surface area (Å²) in [6.45, 7) is 7.97. The Labute approximate surface area is 171 Å². The predicted octanol–water partition coefficient (Wildman–Crippen LogP) is 3.15. The van der Waals surface area contributed by atoms with E-state index in [9.17, 15) is 13.2 Å². The zero-order valence-electron chi connectivity index (χ0n) is 17.2. The third kappa shape index (κ3) is 4.76. The van der Waals surface area contributed by atoms with Crippen LogP contribution in [0, 0.1) is 26.7 Å². The number of sulfonamides is 1. The summed E-state index contributed by atoms with van der Waals surface area (Å²) < 4.78 is 32.7. The van der Waals surface area contributed by atoms with Crippen LogP contribution in [0.15, 0.2) is 44.7 Å². The van der Waals surface area contributed by atoms with Crippen LogP contribution in [0.4, 0.5) is 0 Å². The van der Waals surface area contributed by atoms with Crippen LogP contribution in [-0.4, -0.2) is 37.4 Å². The van der Waals surface area contributed by atoms with Crippen molar-refractivity contribution in [2.45, 2.75) is 45.4 Å². The molecule has 0 saturated carbocycles. The average molecular weight is 418 g/mol. The van der Waals surface area contributed by atoms with Crippen LogP contribution in [0.5, 0.6) is 0 Å². The summed E-state index contributed by atoms with van der Waals surface area (Å²) in [5, 5.41) is 4.19. The molecular formula is C21H27N3O4S. The van der Waals surface area contributed by atoms with Crippen molar-refractivity contribution in [1.82, 2.24) is 9.73 Å². The Hall–Kier alpha value is -2.45. The maximum Gasteiger partial charge on any atom is 0.244 e. The lowest BCUT2D eigenvalue weighted by Crippen LogP contribution is -2.44. The van der Waals surface area contributed by atoms with E-state index < -0.39 is 15.9 Å². The van der Waals surface area contributed by atoms with Crippen LogP contribution >= 0.6 is 0 Å². The van der Waals surface area contributed by atoms with Gasteiger partial charge < -0.3 is 4.42 Å². The second-order valence-corrected chi connectivity index (χ2v) is 9.45. The number of amides is 1. The summed E-state index contributed by atoms with van der Waals surface area (Å²) in [7, 11) is -3.62. The van der Waals surface area contributed by atoms with Gasteiger partial charge in [-0.1, -0.05) is 17.7 Å². The van der Waals surface area contributed by atoms with Crippen molar-refractivity contribution >= 4 is 21.6 Å². The van der Waals surface area contributed by atoms with Gasteiger partial charge in [-0.05, 0) is 58.7 Å². The van der Waals surface area contributed by atoms with Gasteiger partial charge in [0, 0.05) is 18.7 Å². The molecule has 1 amide bonds. The molecule has 3 rings (SSSR count). The average Bonchev–Trinajstić information content (AvgIpc) is 3.04. The van der Waals surface area contributed by atoms with Gasteiger partial charge >= 0.3 is 0 Å². The molecule has 1 atom stereocenters. The lowest BCUT2D eigenvalue weighted by Gasteiger charge is -2.30. The van der Waals surface area contributed by atoms with E-state index in [2.05, 4.69) is 10.5 Å². The second kappa shape index (κ2) is 8.51. The SMILES string of the molecule is C/C(=N/NC(=O)[C@H]1CCCN(S(=O)(=O)c2ccc(C)cc2)C1)c1cc(C)oc1C. The number of hydrogen-bond donors (Lipinski definition) is 1. The molecule has 1 aromatic heterocycles. The minimum absolute atomic E-state index is 0.153. The van der Waals surface area contributed by atoms with Crippen LogP contribution in [0.2, 0.25) is 0 Å². The molecule has 29 heavy (non-hydrogen) atoms. The van der Waals surface area contributed by atoms with Gasteiger partial charge in [-0.25, -0.2) is 13.8 Å². The highest BCUT2D eigenvalue weighted by molar-refractivity contribution is 7.89. The van der Waals surface area contributed by atoms with Crippen molar-refractivity contribution in [1.29, 1.82) is 0 Å². The Morgan fingerprint density at radius 1 is 1.21 bits per heavy atom. The largest absolute Gasteiger partial charge is 0.466 e. The van der Waals surface area contributed by atoms with Gasteiger partial charge in [0.15, 0.2) is 0 Å². The molecule has 0 unspecified atom stereocenters. The first kappa shape index (κ1) is 21.3. The van der Waals surface area contributed by atoms with E-state index in [0.29, 0.717) is 25.1 Å². The minimum atomic E-state index is -3.62. The van der Waals surface area contributed by atoms with Gasteiger partial charge in [0.2, 0.25) is 15.9 Å². The molecule has 0 radical (unpaired) electrons. The van der Waals surface area contributed by atoms with E-state index in [1.807, 2.05) is 26.8 Å². The van der Waals surface area contributed by atoms with Crippen molar-refractivity contribution in [3.05, 3.63) is 53.0 Å². The molecule has 1 aliphatic rings. The number of furan rings is 1. The number of aryl methyl sites for hydroxylation is 3. The topological polar surface area (TPSA) is 92.0 Å². The summed E-state index contributed by atoms with van der Waals surface area (Å²) in [4.78, 5) is 12.9. The fraction of sp³-hybridized carbons (Fsp3) is 0.429. The summed E-state index contributed by atoms with van der Waals surface area (Å²) >= 11 is 0. The third-order valence-corrected chi connectivity index (χ3v) is 7.06. The van der Waals surface area contributed by atoms with Gasteiger partial charge in [0.05, 0.1) is 16.5 Å². The fourth-order valence-corrected chi connectivity index (χ4v) is 5.04. The fourth-order valence-electron chi connectivity index (χ4n) is 3.51. The Morgan fingerprint density at radius 3 is 2.52 bits per heavy atom. The molecular weight excluding hydrogens is 390 g/mol. The molecule has 7 nitrogen and oxygen atoms in total. The molecule has 1 fully saturated rings. The van der Waals surface area contributed by atoms with Crippen molar-refractivity contribution in [2.75, 3.05) is 13.1 Å². The maximum absolute atomic E-state index is 12.9. The molecule has 0 spiro atoms. The highest BCUT2D eigenvalue weighted by atomic mass is 32.2. The summed E-state index contributed by atoms with van der Waals surface area (Å²) in [5.74, 6) is 0.812. The van der Waals surface area contributed by atoms with Gasteiger partial charge in [-0.15, -0.1) is 0 Å². The molecule has 1 aliphatic heterocycles. The van der Waals surface area contributed by atoms with E-state index in [1.165, 1.54) is 4.31 Å².